The molecule has 11 heteroatoms. The summed E-state index contributed by atoms with van der Waals surface area (Å²) in [6, 6.07) is 12.8. The van der Waals surface area contributed by atoms with Crippen molar-refractivity contribution in [3.8, 4) is 16.9 Å². The van der Waals surface area contributed by atoms with E-state index < -0.39 is 11.7 Å². The number of benzene rings is 2. The summed E-state index contributed by atoms with van der Waals surface area (Å²) in [5.74, 6) is -0.987. The first kappa shape index (κ1) is 24.2. The third kappa shape index (κ3) is 4.41. The van der Waals surface area contributed by atoms with E-state index >= 15 is 0 Å². The van der Waals surface area contributed by atoms with Gasteiger partial charge < -0.3 is 5.32 Å². The van der Waals surface area contributed by atoms with Gasteiger partial charge in [-0.1, -0.05) is 35.3 Å². The van der Waals surface area contributed by atoms with Crippen molar-refractivity contribution >= 4 is 51.1 Å². The monoisotopic (exact) mass is 541 g/mol. The van der Waals surface area contributed by atoms with Crippen LogP contribution in [0.2, 0.25) is 10.0 Å². The van der Waals surface area contributed by atoms with E-state index in [0.717, 1.165) is 5.69 Å². The van der Waals surface area contributed by atoms with E-state index in [1.165, 1.54) is 33.9 Å². The second kappa shape index (κ2) is 9.50. The molecule has 0 fully saturated rings. The maximum Gasteiger partial charge on any atom is 0.268 e. The highest BCUT2D eigenvalue weighted by Crippen LogP contribution is 2.27. The first-order chi connectivity index (χ1) is 17.2. The van der Waals surface area contributed by atoms with Crippen molar-refractivity contribution in [3.05, 3.63) is 97.2 Å². The van der Waals surface area contributed by atoms with Gasteiger partial charge in [0, 0.05) is 16.8 Å². The Labute approximate surface area is 218 Å². The number of halogens is 3. The lowest BCUT2D eigenvalue weighted by atomic mass is 10.1. The lowest BCUT2D eigenvalue weighted by Gasteiger charge is -2.08. The maximum atomic E-state index is 13.9. The van der Waals surface area contributed by atoms with Crippen LogP contribution in [0, 0.1) is 19.7 Å². The van der Waals surface area contributed by atoms with Gasteiger partial charge in [0.25, 0.3) is 5.56 Å². The second-order valence-corrected chi connectivity index (χ2v) is 9.76. The number of carbonyl (C=O) groups excluding carboxylic acids is 1. The molecule has 0 spiro atoms. The van der Waals surface area contributed by atoms with Crippen molar-refractivity contribution in [1.82, 2.24) is 19.2 Å². The number of aryl methyl sites for hydroxylation is 2. The molecule has 0 unspecified atom stereocenters. The molecule has 0 saturated carbocycles. The number of nitrogens with zero attached hydrogens (tertiary/aromatic N) is 4. The minimum absolute atomic E-state index is 0.0763. The topological polar surface area (TPSA) is 81.3 Å². The molecule has 0 radical (unpaired) electrons. The third-order valence-electron chi connectivity index (χ3n) is 5.60. The summed E-state index contributed by atoms with van der Waals surface area (Å²) in [5.41, 5.74) is 2.94. The van der Waals surface area contributed by atoms with Crippen LogP contribution in [0.5, 0.6) is 0 Å². The van der Waals surface area contributed by atoms with Gasteiger partial charge in [0.05, 0.1) is 39.1 Å². The summed E-state index contributed by atoms with van der Waals surface area (Å²) >= 11 is 13.5. The normalized spacial score (nSPS) is 11.2. The molecule has 182 valence electrons. The molecule has 3 heterocycles. The minimum atomic E-state index is -0.536. The van der Waals surface area contributed by atoms with Gasteiger partial charge in [-0.3, -0.25) is 14.0 Å². The molecule has 1 amide bonds. The Morgan fingerprint density at radius 2 is 1.89 bits per heavy atom. The summed E-state index contributed by atoms with van der Waals surface area (Å²) < 4.78 is 17.0. The molecular formula is C25H18Cl2FN5O2S. The molecule has 36 heavy (non-hydrogen) atoms. The Balaban J connectivity index is 1.53. The van der Waals surface area contributed by atoms with Gasteiger partial charge in [0.1, 0.15) is 11.5 Å². The highest BCUT2D eigenvalue weighted by atomic mass is 35.5. The Morgan fingerprint density at radius 1 is 1.11 bits per heavy atom. The molecule has 1 N–H and O–H groups in total. The van der Waals surface area contributed by atoms with E-state index in [0.29, 0.717) is 43.3 Å². The summed E-state index contributed by atoms with van der Waals surface area (Å²) in [6.45, 7) is 3.61. The molecule has 0 bridgehead atoms. The first-order valence-electron chi connectivity index (χ1n) is 10.8. The molecule has 0 atom stereocenters. The predicted octanol–water partition coefficient (Wildman–Crippen LogP) is 5.85. The zero-order valence-electron chi connectivity index (χ0n) is 19.1. The summed E-state index contributed by atoms with van der Waals surface area (Å²) in [5, 5.41) is 9.70. The van der Waals surface area contributed by atoms with Crippen molar-refractivity contribution in [2.75, 3.05) is 5.32 Å². The van der Waals surface area contributed by atoms with E-state index in [4.69, 9.17) is 23.2 Å². The second-order valence-electron chi connectivity index (χ2n) is 8.11. The van der Waals surface area contributed by atoms with Gasteiger partial charge in [-0.2, -0.15) is 5.10 Å². The molecule has 5 aromatic rings. The lowest BCUT2D eigenvalue weighted by Crippen LogP contribution is -2.23. The number of nitrogens with one attached hydrogen (secondary N) is 1. The Morgan fingerprint density at radius 3 is 2.64 bits per heavy atom. The standard InChI is InChI=1S/C25H18Cl2FN5O2S/c1-13-9-21(31-33(13)15-7-8-17(26)18(27)10-15)23-14(2)29-25-32(24(23)35)16(12-36-25)11-22(34)30-20-6-4-3-5-19(20)28/h3-10,12H,11H2,1-2H3,(H,30,34). The largest absolute Gasteiger partial charge is 0.323 e. The van der Waals surface area contributed by atoms with Gasteiger partial charge in [-0.15, -0.1) is 11.3 Å². The maximum absolute atomic E-state index is 13.9. The Kier molecular flexibility index (Phi) is 6.38. The van der Waals surface area contributed by atoms with Gasteiger partial charge in [0.15, 0.2) is 4.96 Å². The van der Waals surface area contributed by atoms with Crippen LogP contribution in [0.15, 0.2) is 58.7 Å². The van der Waals surface area contributed by atoms with Crippen LogP contribution in [-0.4, -0.2) is 25.1 Å². The fourth-order valence-electron chi connectivity index (χ4n) is 3.92. The van der Waals surface area contributed by atoms with Crippen molar-refractivity contribution in [3.63, 3.8) is 0 Å². The molecule has 2 aromatic carbocycles. The molecular weight excluding hydrogens is 524 g/mol. The molecule has 0 saturated heterocycles. The highest BCUT2D eigenvalue weighted by molar-refractivity contribution is 7.15. The van der Waals surface area contributed by atoms with Crippen molar-refractivity contribution < 1.29 is 9.18 Å². The number of fused-ring (bicyclic) bond motifs is 1. The van der Waals surface area contributed by atoms with E-state index in [-0.39, 0.29) is 17.7 Å². The number of aromatic nitrogens is 4. The predicted molar refractivity (Wildman–Crippen MR) is 140 cm³/mol. The molecule has 3 aromatic heterocycles. The average molecular weight is 542 g/mol. The number of para-hydroxylation sites is 1. The van der Waals surface area contributed by atoms with E-state index in [1.54, 1.807) is 47.3 Å². The van der Waals surface area contributed by atoms with Gasteiger partial charge in [-0.05, 0) is 50.2 Å². The van der Waals surface area contributed by atoms with Crippen LogP contribution < -0.4 is 10.9 Å². The number of amides is 1. The number of hydrogen-bond donors (Lipinski definition) is 1. The fourth-order valence-corrected chi connectivity index (χ4v) is 5.14. The van der Waals surface area contributed by atoms with Crippen molar-refractivity contribution in [1.29, 1.82) is 0 Å². The summed E-state index contributed by atoms with van der Waals surface area (Å²) in [4.78, 5) is 31.3. The average Bonchev–Trinajstić information content (AvgIpc) is 3.40. The molecule has 5 rings (SSSR count). The van der Waals surface area contributed by atoms with E-state index in [9.17, 15) is 14.0 Å². The zero-order valence-corrected chi connectivity index (χ0v) is 21.4. The SMILES string of the molecule is Cc1nc2scc(CC(=O)Nc3ccccc3F)n2c(=O)c1-c1cc(C)n(-c2ccc(Cl)c(Cl)c2)n1. The summed E-state index contributed by atoms with van der Waals surface area (Å²) in [6.07, 6.45) is -0.130. The van der Waals surface area contributed by atoms with E-state index in [2.05, 4.69) is 15.4 Å². The van der Waals surface area contributed by atoms with Gasteiger partial charge in [0.2, 0.25) is 5.91 Å². The van der Waals surface area contributed by atoms with Crippen LogP contribution in [-0.2, 0) is 11.2 Å². The fraction of sp³-hybridized carbons (Fsp3) is 0.120. The van der Waals surface area contributed by atoms with Crippen LogP contribution in [0.4, 0.5) is 10.1 Å². The minimum Gasteiger partial charge on any atom is -0.323 e. The molecule has 0 aliphatic carbocycles. The number of thiazole rings is 1. The van der Waals surface area contributed by atoms with Crippen molar-refractivity contribution in [2.45, 2.75) is 20.3 Å². The van der Waals surface area contributed by atoms with Crippen LogP contribution in [0.1, 0.15) is 17.1 Å². The van der Waals surface area contributed by atoms with E-state index in [1.807, 2.05) is 6.92 Å². The van der Waals surface area contributed by atoms with Crippen LogP contribution >= 0.6 is 34.5 Å². The smallest absolute Gasteiger partial charge is 0.268 e. The van der Waals surface area contributed by atoms with Crippen LogP contribution in [0.25, 0.3) is 21.9 Å². The number of rotatable bonds is 5. The third-order valence-corrected chi connectivity index (χ3v) is 7.22. The van der Waals surface area contributed by atoms with Crippen molar-refractivity contribution in [2.24, 2.45) is 0 Å². The van der Waals surface area contributed by atoms with Gasteiger partial charge in [-0.25, -0.2) is 14.1 Å². The Bertz CT molecular complexity index is 1710. The Hall–Kier alpha value is -3.53. The molecule has 0 aliphatic rings. The quantitative estimate of drug-likeness (QED) is 0.302. The number of carbonyl (C=O) groups is 1. The number of hydrogen-bond acceptors (Lipinski definition) is 5. The number of anilines is 1. The highest BCUT2D eigenvalue weighted by Gasteiger charge is 2.20. The first-order valence-corrected chi connectivity index (χ1v) is 12.4. The van der Waals surface area contributed by atoms with Crippen LogP contribution in [0.3, 0.4) is 0 Å². The lowest BCUT2D eigenvalue weighted by molar-refractivity contribution is -0.115. The molecule has 0 aliphatic heterocycles. The zero-order chi connectivity index (χ0) is 25.6. The summed E-state index contributed by atoms with van der Waals surface area (Å²) in [7, 11) is 0. The molecule has 7 nitrogen and oxygen atoms in total. The van der Waals surface area contributed by atoms with Gasteiger partial charge >= 0.3 is 0 Å².